The van der Waals surface area contributed by atoms with Crippen molar-refractivity contribution >= 4 is 35.2 Å². The summed E-state index contributed by atoms with van der Waals surface area (Å²) in [6.45, 7) is 4.67. The van der Waals surface area contributed by atoms with Crippen molar-refractivity contribution in [2.75, 3.05) is 37.6 Å². The Labute approximate surface area is 341 Å². The molecule has 0 radical (unpaired) electrons. The molecule has 3 fully saturated rings. The van der Waals surface area contributed by atoms with Gasteiger partial charge in [0.15, 0.2) is 0 Å². The summed E-state index contributed by atoms with van der Waals surface area (Å²) in [5.41, 5.74) is 8.25. The van der Waals surface area contributed by atoms with Crippen molar-refractivity contribution in [2.45, 2.75) is 75.9 Å². The van der Waals surface area contributed by atoms with Gasteiger partial charge in [-0.1, -0.05) is 30.3 Å². The van der Waals surface area contributed by atoms with Gasteiger partial charge in [0.25, 0.3) is 11.8 Å². The number of aryl methyl sites for hydroxylation is 1. The highest BCUT2D eigenvalue weighted by Crippen LogP contribution is 2.48. The number of amides is 5. The lowest BCUT2D eigenvalue weighted by atomic mass is 9.69. The fraction of sp³-hybridized carbons (Fsp3) is 0.383. The maximum Gasteiger partial charge on any atom is 0.262 e. The summed E-state index contributed by atoms with van der Waals surface area (Å²) in [7, 11) is 0. The first-order valence-corrected chi connectivity index (χ1v) is 20.8. The minimum Gasteiger partial charge on any atom is -0.508 e. The molecule has 5 aliphatic heterocycles. The van der Waals surface area contributed by atoms with Crippen LogP contribution in [0.4, 0.5) is 10.1 Å². The van der Waals surface area contributed by atoms with E-state index < -0.39 is 29.7 Å². The molecule has 0 saturated carbocycles. The largest absolute Gasteiger partial charge is 0.508 e. The number of imide groups is 2. The molecule has 3 atom stereocenters. The number of phenols is 1. The first-order valence-electron chi connectivity index (χ1n) is 20.8. The number of hydrogen-bond donors (Lipinski definition) is 2. The van der Waals surface area contributed by atoms with E-state index in [2.05, 4.69) is 39.4 Å². The van der Waals surface area contributed by atoms with Gasteiger partial charge < -0.3 is 14.9 Å². The van der Waals surface area contributed by atoms with E-state index in [1.54, 1.807) is 35.2 Å². The number of piperidine rings is 2. The van der Waals surface area contributed by atoms with Gasteiger partial charge in [0, 0.05) is 44.2 Å². The van der Waals surface area contributed by atoms with E-state index >= 15 is 0 Å². The summed E-state index contributed by atoms with van der Waals surface area (Å²) in [4.78, 5) is 71.9. The summed E-state index contributed by atoms with van der Waals surface area (Å²) in [6.07, 6.45) is 5.08. The van der Waals surface area contributed by atoms with Crippen molar-refractivity contribution in [3.05, 3.63) is 129 Å². The summed E-state index contributed by atoms with van der Waals surface area (Å²) < 4.78 is 13.9. The predicted octanol–water partition coefficient (Wildman–Crippen LogP) is 5.63. The molecule has 6 aliphatic rings. The molecule has 12 heteroatoms. The highest BCUT2D eigenvalue weighted by molar-refractivity contribution is 6.23. The standard InChI is InChI=1S/C47H46FN5O6/c48-33-6-1-28(2-7-33)36-11-5-30-21-35(54)10-12-37(30)43(36)29-3-8-34(9-4-29)51-20-17-47(27-51)15-18-50(19-16-47)26-42(56)52-24-31-22-38-39(23-32(31)25-52)46(59)53(45(38)58)40-13-14-41(55)49-44(40)57/h1-4,6-10,12,21-23,36,40,43,54H,5,11,13-20,24-27H2,(H,49,55,57)/t36-,40?,43+/m1/s1. The Morgan fingerprint density at radius 3 is 2.10 bits per heavy atom. The Balaban J connectivity index is 0.753. The summed E-state index contributed by atoms with van der Waals surface area (Å²) in [5, 5.41) is 12.5. The summed E-state index contributed by atoms with van der Waals surface area (Å²) in [6, 6.07) is 23.9. The van der Waals surface area contributed by atoms with Crippen molar-refractivity contribution in [3.8, 4) is 5.75 Å². The molecule has 11 nitrogen and oxygen atoms in total. The molecule has 5 amide bonds. The average Bonchev–Trinajstić information content (AvgIpc) is 3.92. The van der Waals surface area contributed by atoms with E-state index in [-0.39, 0.29) is 58.7 Å². The Morgan fingerprint density at radius 1 is 0.763 bits per heavy atom. The van der Waals surface area contributed by atoms with Gasteiger partial charge in [0.1, 0.15) is 17.6 Å². The number of carbonyl (C=O) groups is 5. The molecule has 10 rings (SSSR count). The van der Waals surface area contributed by atoms with Gasteiger partial charge in [-0.3, -0.25) is 39.1 Å². The monoisotopic (exact) mass is 795 g/mol. The summed E-state index contributed by atoms with van der Waals surface area (Å²) in [5.74, 6) is -1.77. The number of fused-ring (bicyclic) bond motifs is 3. The van der Waals surface area contributed by atoms with Crippen LogP contribution in [-0.2, 0) is 33.9 Å². The molecule has 1 unspecified atom stereocenters. The van der Waals surface area contributed by atoms with Crippen LogP contribution < -0.4 is 10.2 Å². The highest BCUT2D eigenvalue weighted by atomic mass is 19.1. The van der Waals surface area contributed by atoms with Crippen LogP contribution >= 0.6 is 0 Å². The number of rotatable bonds is 6. The lowest BCUT2D eigenvalue weighted by Crippen LogP contribution is -2.54. The zero-order chi connectivity index (χ0) is 40.6. The number of benzene rings is 4. The number of hydrogen-bond acceptors (Lipinski definition) is 8. The van der Waals surface area contributed by atoms with Crippen LogP contribution in [0.25, 0.3) is 0 Å². The fourth-order valence-corrected chi connectivity index (χ4v) is 10.8. The number of carbonyl (C=O) groups excluding carboxylic acids is 5. The first kappa shape index (κ1) is 37.4. The van der Waals surface area contributed by atoms with E-state index in [9.17, 15) is 33.5 Å². The van der Waals surface area contributed by atoms with Gasteiger partial charge in [-0.2, -0.15) is 0 Å². The Morgan fingerprint density at radius 2 is 1.42 bits per heavy atom. The minimum absolute atomic E-state index is 0.0207. The zero-order valence-corrected chi connectivity index (χ0v) is 32.8. The maximum atomic E-state index is 13.9. The van der Waals surface area contributed by atoms with E-state index in [4.69, 9.17) is 0 Å². The third kappa shape index (κ3) is 6.67. The van der Waals surface area contributed by atoms with Crippen LogP contribution in [0.1, 0.15) is 104 Å². The molecule has 302 valence electrons. The van der Waals surface area contributed by atoms with Gasteiger partial charge in [-0.05, 0) is 145 Å². The second kappa shape index (κ2) is 14.4. The van der Waals surface area contributed by atoms with Gasteiger partial charge in [0.05, 0.1) is 17.7 Å². The van der Waals surface area contributed by atoms with Crippen molar-refractivity contribution < 1.29 is 33.5 Å². The minimum atomic E-state index is -1.01. The molecule has 0 aromatic heterocycles. The van der Waals surface area contributed by atoms with Crippen LogP contribution in [0, 0.1) is 11.2 Å². The SMILES string of the molecule is O=C1CCC(N2C(=O)c3cc4c(cc3C2=O)CN(C(=O)CN2CCC3(CC2)CCN(c2ccc([C@@H]5c6ccc(O)cc6CC[C@@H]5c5ccc(F)cc5)cc2)C3)C4)C(=O)N1. The second-order valence-corrected chi connectivity index (χ2v) is 17.5. The number of nitrogens with one attached hydrogen (secondary N) is 1. The Kier molecular flexibility index (Phi) is 9.15. The second-order valence-electron chi connectivity index (χ2n) is 17.5. The van der Waals surface area contributed by atoms with Crippen LogP contribution in [0.3, 0.4) is 0 Å². The van der Waals surface area contributed by atoms with Crippen molar-refractivity contribution in [2.24, 2.45) is 5.41 Å². The third-order valence-corrected chi connectivity index (χ3v) is 14.1. The molecule has 1 aliphatic carbocycles. The number of likely N-dealkylation sites (tertiary alicyclic amines) is 1. The zero-order valence-electron chi connectivity index (χ0n) is 32.8. The smallest absolute Gasteiger partial charge is 0.262 e. The number of halogens is 1. The molecular formula is C47H46FN5O6. The summed E-state index contributed by atoms with van der Waals surface area (Å²) >= 11 is 0. The molecule has 59 heavy (non-hydrogen) atoms. The van der Waals surface area contributed by atoms with E-state index in [0.29, 0.717) is 19.6 Å². The lowest BCUT2D eigenvalue weighted by molar-refractivity contribution is -0.136. The number of anilines is 1. The topological polar surface area (TPSA) is 131 Å². The van der Waals surface area contributed by atoms with Crippen molar-refractivity contribution in [1.29, 1.82) is 0 Å². The highest BCUT2D eigenvalue weighted by Gasteiger charge is 2.46. The van der Waals surface area contributed by atoms with E-state index in [0.717, 1.165) is 85.4 Å². The molecule has 5 heterocycles. The third-order valence-electron chi connectivity index (χ3n) is 14.1. The van der Waals surface area contributed by atoms with Gasteiger partial charge in [0.2, 0.25) is 17.7 Å². The van der Waals surface area contributed by atoms with Crippen molar-refractivity contribution in [3.63, 3.8) is 0 Å². The molecule has 3 saturated heterocycles. The maximum absolute atomic E-state index is 13.9. The van der Waals surface area contributed by atoms with Crippen molar-refractivity contribution in [1.82, 2.24) is 20.0 Å². The number of phenolic OH excluding ortho intramolecular Hbond substituents is 1. The van der Waals surface area contributed by atoms with Gasteiger partial charge >= 0.3 is 0 Å². The van der Waals surface area contributed by atoms with Gasteiger partial charge in [-0.25, -0.2) is 4.39 Å². The Bertz CT molecular complexity index is 2360. The molecule has 1 spiro atoms. The Hall–Kier alpha value is -5.88. The normalized spacial score (nSPS) is 23.7. The van der Waals surface area contributed by atoms with Crippen LogP contribution in [-0.4, -0.2) is 88.1 Å². The van der Waals surface area contributed by atoms with Crippen LogP contribution in [0.5, 0.6) is 5.75 Å². The van der Waals surface area contributed by atoms with E-state index in [1.165, 1.54) is 16.8 Å². The molecule has 0 bridgehead atoms. The van der Waals surface area contributed by atoms with Crippen LogP contribution in [0.15, 0.2) is 78.9 Å². The molecule has 4 aromatic carbocycles. The van der Waals surface area contributed by atoms with E-state index in [1.807, 2.05) is 24.3 Å². The van der Waals surface area contributed by atoms with Crippen LogP contribution in [0.2, 0.25) is 0 Å². The molecule has 2 N–H and O–H groups in total. The predicted molar refractivity (Wildman–Crippen MR) is 216 cm³/mol. The average molecular weight is 796 g/mol. The number of nitrogens with zero attached hydrogens (tertiary/aromatic N) is 4. The molecular weight excluding hydrogens is 750 g/mol. The quantitative estimate of drug-likeness (QED) is 0.241. The fourth-order valence-electron chi connectivity index (χ4n) is 10.8. The molecule has 4 aromatic rings. The van der Waals surface area contributed by atoms with Gasteiger partial charge in [-0.15, -0.1) is 0 Å². The lowest BCUT2D eigenvalue weighted by Gasteiger charge is -2.39. The first-order chi connectivity index (χ1) is 28.5. The number of aromatic hydroxyl groups is 1.